The standard InChI is InChI=1S/C19H23N3O3S/c1-2-3-5-10-15(11-14-8-6-4-7-9-14)13-20-22-19-21-18(25)16(26-19)12-17(23)24/h4,6-9,11,13,16H,2-3,5,10,12H2,1H3,(H,23,24)(H,21,22,25)/b15-11-,20-13+. The van der Waals surface area contributed by atoms with Crippen LogP contribution in [0.1, 0.15) is 44.6 Å². The van der Waals surface area contributed by atoms with E-state index in [0.29, 0.717) is 5.17 Å². The Kier molecular flexibility index (Phi) is 8.08. The highest BCUT2D eigenvalue weighted by Gasteiger charge is 2.32. The number of allylic oxidation sites excluding steroid dienone is 1. The van der Waals surface area contributed by atoms with Crippen LogP contribution in [0, 0.1) is 0 Å². The van der Waals surface area contributed by atoms with Gasteiger partial charge in [0.05, 0.1) is 12.6 Å². The van der Waals surface area contributed by atoms with E-state index in [1.807, 2.05) is 30.3 Å². The van der Waals surface area contributed by atoms with Crippen LogP contribution >= 0.6 is 11.8 Å². The second kappa shape index (κ2) is 10.6. The molecule has 0 aromatic heterocycles. The molecule has 0 saturated carbocycles. The molecule has 2 N–H and O–H groups in total. The topological polar surface area (TPSA) is 91.1 Å². The van der Waals surface area contributed by atoms with Crippen LogP contribution < -0.4 is 5.32 Å². The molecule has 0 spiro atoms. The molecule has 1 aliphatic heterocycles. The molecule has 2 rings (SSSR count). The van der Waals surface area contributed by atoms with Crippen LogP contribution in [-0.2, 0) is 9.59 Å². The fourth-order valence-corrected chi connectivity index (χ4v) is 3.33. The Bertz CT molecular complexity index is 714. The zero-order valence-corrected chi connectivity index (χ0v) is 15.5. The minimum atomic E-state index is -1.01. The number of rotatable bonds is 9. The molecule has 1 heterocycles. The highest BCUT2D eigenvalue weighted by molar-refractivity contribution is 8.15. The average molecular weight is 373 g/mol. The van der Waals surface area contributed by atoms with E-state index in [4.69, 9.17) is 5.11 Å². The summed E-state index contributed by atoms with van der Waals surface area (Å²) in [6.45, 7) is 2.16. The van der Waals surface area contributed by atoms with Crippen molar-refractivity contribution in [3.05, 3.63) is 41.5 Å². The molecule has 138 valence electrons. The van der Waals surface area contributed by atoms with Crippen molar-refractivity contribution in [3.8, 4) is 0 Å². The number of carbonyl (C=O) groups excluding carboxylic acids is 1. The summed E-state index contributed by atoms with van der Waals surface area (Å²) in [5.41, 5.74) is 2.16. The summed E-state index contributed by atoms with van der Waals surface area (Å²) in [4.78, 5) is 22.4. The SMILES string of the molecule is CCCCCC(=C/c1ccccc1)/C=N/N=C1/NC(=O)C(CC(=O)O)S1. The molecule has 1 aromatic rings. The minimum Gasteiger partial charge on any atom is -0.481 e. The van der Waals surface area contributed by atoms with Crippen molar-refractivity contribution >= 4 is 41.1 Å². The van der Waals surface area contributed by atoms with E-state index >= 15 is 0 Å². The molecular weight excluding hydrogens is 350 g/mol. The van der Waals surface area contributed by atoms with Crippen molar-refractivity contribution in [1.29, 1.82) is 0 Å². The number of carboxylic acids is 1. The molecule has 7 heteroatoms. The summed E-state index contributed by atoms with van der Waals surface area (Å²) < 4.78 is 0. The second-order valence-electron chi connectivity index (χ2n) is 5.93. The molecule has 1 aliphatic rings. The molecule has 1 saturated heterocycles. The maximum absolute atomic E-state index is 11.7. The summed E-state index contributed by atoms with van der Waals surface area (Å²) >= 11 is 1.10. The van der Waals surface area contributed by atoms with Crippen molar-refractivity contribution in [1.82, 2.24) is 5.32 Å². The second-order valence-corrected chi connectivity index (χ2v) is 7.12. The number of thioether (sulfide) groups is 1. The number of amides is 1. The summed E-state index contributed by atoms with van der Waals surface area (Å²) in [5, 5.41) is 19.2. The Balaban J connectivity index is 2.04. The zero-order valence-electron chi connectivity index (χ0n) is 14.7. The van der Waals surface area contributed by atoms with Gasteiger partial charge >= 0.3 is 5.97 Å². The van der Waals surface area contributed by atoms with Gasteiger partial charge in [-0.25, -0.2) is 0 Å². The Morgan fingerprint density at radius 1 is 1.31 bits per heavy atom. The van der Waals surface area contributed by atoms with Crippen LogP contribution in [0.5, 0.6) is 0 Å². The maximum Gasteiger partial charge on any atom is 0.305 e. The predicted octanol–water partition coefficient (Wildman–Crippen LogP) is 3.70. The van der Waals surface area contributed by atoms with E-state index in [0.717, 1.165) is 48.6 Å². The first kappa shape index (κ1) is 19.9. The average Bonchev–Trinajstić information content (AvgIpc) is 2.94. The van der Waals surface area contributed by atoms with Crippen molar-refractivity contribution in [2.75, 3.05) is 0 Å². The van der Waals surface area contributed by atoms with Gasteiger partial charge in [0.1, 0.15) is 5.25 Å². The molecule has 0 radical (unpaired) electrons. The molecule has 0 aliphatic carbocycles. The van der Waals surface area contributed by atoms with Gasteiger partial charge in [-0.3, -0.25) is 9.59 Å². The number of hydrogen-bond donors (Lipinski definition) is 2. The van der Waals surface area contributed by atoms with Gasteiger partial charge in [0.15, 0.2) is 5.17 Å². The largest absolute Gasteiger partial charge is 0.481 e. The van der Waals surface area contributed by atoms with Crippen molar-refractivity contribution in [3.63, 3.8) is 0 Å². The summed E-state index contributed by atoms with van der Waals surface area (Å²) in [6, 6.07) is 10.0. The normalized spacial score (nSPS) is 19.3. The lowest BCUT2D eigenvalue weighted by atomic mass is 10.1. The van der Waals surface area contributed by atoms with Gasteiger partial charge in [0.2, 0.25) is 5.91 Å². The highest BCUT2D eigenvalue weighted by atomic mass is 32.2. The smallest absolute Gasteiger partial charge is 0.305 e. The van der Waals surface area contributed by atoms with Crippen molar-refractivity contribution in [2.24, 2.45) is 10.2 Å². The number of nitrogens with zero attached hydrogens (tertiary/aromatic N) is 2. The Hall–Kier alpha value is -2.41. The number of hydrogen-bond acceptors (Lipinski definition) is 5. The third-order valence-electron chi connectivity index (χ3n) is 3.73. The third kappa shape index (κ3) is 6.84. The zero-order chi connectivity index (χ0) is 18.8. The Morgan fingerprint density at radius 3 is 2.77 bits per heavy atom. The van der Waals surface area contributed by atoms with E-state index in [-0.39, 0.29) is 12.3 Å². The van der Waals surface area contributed by atoms with E-state index in [1.165, 1.54) is 0 Å². The monoisotopic (exact) mass is 373 g/mol. The molecule has 6 nitrogen and oxygen atoms in total. The molecular formula is C19H23N3O3S. The van der Waals surface area contributed by atoms with Crippen LogP contribution in [0.15, 0.2) is 46.1 Å². The molecule has 1 atom stereocenters. The number of unbranched alkanes of at least 4 members (excludes halogenated alkanes) is 2. The first-order valence-electron chi connectivity index (χ1n) is 8.64. The first-order chi connectivity index (χ1) is 12.6. The van der Waals surface area contributed by atoms with E-state index < -0.39 is 11.2 Å². The van der Waals surface area contributed by atoms with Gasteiger partial charge in [-0.05, 0) is 24.0 Å². The van der Waals surface area contributed by atoms with E-state index in [9.17, 15) is 9.59 Å². The fourth-order valence-electron chi connectivity index (χ4n) is 2.42. The predicted molar refractivity (Wildman–Crippen MR) is 106 cm³/mol. The van der Waals surface area contributed by atoms with Crippen LogP contribution in [0.4, 0.5) is 0 Å². The molecule has 1 fully saturated rings. The lowest BCUT2D eigenvalue weighted by molar-refractivity contribution is -0.138. The van der Waals surface area contributed by atoms with Crippen LogP contribution in [0.25, 0.3) is 6.08 Å². The number of amidine groups is 1. The Labute approximate surface area is 157 Å². The number of benzene rings is 1. The van der Waals surface area contributed by atoms with Crippen molar-refractivity contribution in [2.45, 2.75) is 44.3 Å². The van der Waals surface area contributed by atoms with Gasteiger partial charge in [0, 0.05) is 0 Å². The lowest BCUT2D eigenvalue weighted by Gasteiger charge is -2.01. The number of carbonyl (C=O) groups is 2. The summed E-state index contributed by atoms with van der Waals surface area (Å²) in [6.07, 6.45) is 7.82. The number of carboxylic acid groups (broad SMARTS) is 1. The Morgan fingerprint density at radius 2 is 2.08 bits per heavy atom. The van der Waals surface area contributed by atoms with Crippen LogP contribution in [-0.4, -0.2) is 33.6 Å². The summed E-state index contributed by atoms with van der Waals surface area (Å²) in [5.74, 6) is -1.35. The van der Waals surface area contributed by atoms with E-state index in [2.05, 4.69) is 28.5 Å². The van der Waals surface area contributed by atoms with Gasteiger partial charge in [-0.1, -0.05) is 67.9 Å². The number of nitrogens with one attached hydrogen (secondary N) is 1. The van der Waals surface area contributed by atoms with Gasteiger partial charge in [0.25, 0.3) is 0 Å². The molecule has 1 aromatic carbocycles. The number of aliphatic carboxylic acids is 1. The van der Waals surface area contributed by atoms with Gasteiger partial charge in [-0.15, -0.1) is 5.10 Å². The fraction of sp³-hybridized carbons (Fsp3) is 0.368. The molecule has 0 bridgehead atoms. The van der Waals surface area contributed by atoms with Gasteiger partial charge < -0.3 is 10.4 Å². The lowest BCUT2D eigenvalue weighted by Crippen LogP contribution is -2.26. The molecule has 26 heavy (non-hydrogen) atoms. The summed E-state index contributed by atoms with van der Waals surface area (Å²) in [7, 11) is 0. The van der Waals surface area contributed by atoms with E-state index in [1.54, 1.807) is 6.21 Å². The van der Waals surface area contributed by atoms with Gasteiger partial charge in [-0.2, -0.15) is 5.10 Å². The maximum atomic E-state index is 11.7. The minimum absolute atomic E-state index is 0.227. The quantitative estimate of drug-likeness (QED) is 0.392. The van der Waals surface area contributed by atoms with Crippen LogP contribution in [0.3, 0.4) is 0 Å². The first-order valence-corrected chi connectivity index (χ1v) is 9.52. The van der Waals surface area contributed by atoms with Crippen LogP contribution in [0.2, 0.25) is 0 Å². The highest BCUT2D eigenvalue weighted by Crippen LogP contribution is 2.22. The molecule has 1 amide bonds. The third-order valence-corrected chi connectivity index (χ3v) is 4.80. The van der Waals surface area contributed by atoms with Crippen molar-refractivity contribution < 1.29 is 14.7 Å². The molecule has 1 unspecified atom stereocenters.